The van der Waals surface area contributed by atoms with Gasteiger partial charge in [0.05, 0.1) is 11.6 Å². The van der Waals surface area contributed by atoms with Crippen LogP contribution in [0, 0.1) is 6.92 Å². The molecular formula is C19H20BrNO3. The summed E-state index contributed by atoms with van der Waals surface area (Å²) in [5, 5.41) is 2.89. The van der Waals surface area contributed by atoms with Crippen molar-refractivity contribution in [3.05, 3.63) is 69.7 Å². The molecule has 0 saturated carbocycles. The van der Waals surface area contributed by atoms with Crippen LogP contribution >= 0.6 is 15.9 Å². The highest BCUT2D eigenvalue weighted by Crippen LogP contribution is 2.19. The molecule has 0 unspecified atom stereocenters. The Hall–Kier alpha value is -2.14. The zero-order valence-corrected chi connectivity index (χ0v) is 15.3. The maximum atomic E-state index is 12.1. The van der Waals surface area contributed by atoms with E-state index in [0.717, 1.165) is 22.0 Å². The van der Waals surface area contributed by atoms with Crippen LogP contribution in [0.15, 0.2) is 53.0 Å². The minimum atomic E-state index is -0.495. The van der Waals surface area contributed by atoms with Gasteiger partial charge in [0.15, 0.2) is 6.61 Å². The lowest BCUT2D eigenvalue weighted by molar-refractivity contribution is -0.125. The molecule has 0 saturated heterocycles. The second-order valence-electron chi connectivity index (χ2n) is 5.53. The molecule has 1 amide bonds. The van der Waals surface area contributed by atoms with Crippen LogP contribution in [0.4, 0.5) is 0 Å². The summed E-state index contributed by atoms with van der Waals surface area (Å²) in [6, 6.07) is 14.8. The molecule has 2 aromatic rings. The molecule has 0 spiro atoms. The molecule has 5 heteroatoms. The van der Waals surface area contributed by atoms with E-state index in [0.29, 0.717) is 5.56 Å². The van der Waals surface area contributed by atoms with Gasteiger partial charge in [-0.3, -0.25) is 4.79 Å². The minimum absolute atomic E-state index is 0.108. The van der Waals surface area contributed by atoms with Crippen molar-refractivity contribution >= 4 is 27.8 Å². The standard InChI is InChI=1S/C19H20BrNO3/c1-3-17(14-7-9-16(20)10-8-14)21-18(22)12-24-19(23)15-6-4-5-13(2)11-15/h4-11,17H,3,12H2,1-2H3,(H,21,22)/t17-/m1/s1. The molecule has 2 aromatic carbocycles. The van der Waals surface area contributed by atoms with Gasteiger partial charge < -0.3 is 10.1 Å². The number of rotatable bonds is 6. The first-order valence-electron chi connectivity index (χ1n) is 7.78. The molecule has 0 radical (unpaired) electrons. The normalized spacial score (nSPS) is 11.6. The number of benzene rings is 2. The number of hydrogen-bond donors (Lipinski definition) is 1. The summed E-state index contributed by atoms with van der Waals surface area (Å²) in [6.07, 6.45) is 0.749. The highest BCUT2D eigenvalue weighted by atomic mass is 79.9. The summed E-state index contributed by atoms with van der Waals surface area (Å²) in [6.45, 7) is 3.60. The molecule has 0 bridgehead atoms. The second kappa shape index (κ2) is 8.64. The van der Waals surface area contributed by atoms with Crippen LogP contribution in [0.3, 0.4) is 0 Å². The van der Waals surface area contributed by atoms with Crippen LogP contribution in [0.5, 0.6) is 0 Å². The monoisotopic (exact) mass is 389 g/mol. The number of carbonyl (C=O) groups is 2. The summed E-state index contributed by atoms with van der Waals surface area (Å²) in [4.78, 5) is 24.0. The number of nitrogens with one attached hydrogen (secondary N) is 1. The van der Waals surface area contributed by atoms with Crippen molar-refractivity contribution in [1.29, 1.82) is 0 Å². The molecule has 0 aliphatic heterocycles. The molecule has 126 valence electrons. The predicted octanol–water partition coefficient (Wildman–Crippen LogP) is 4.18. The van der Waals surface area contributed by atoms with Crippen LogP contribution in [0.2, 0.25) is 0 Å². The SMILES string of the molecule is CC[C@@H](NC(=O)COC(=O)c1cccc(C)c1)c1ccc(Br)cc1. The maximum Gasteiger partial charge on any atom is 0.338 e. The molecule has 2 rings (SSSR count). The highest BCUT2D eigenvalue weighted by Gasteiger charge is 2.15. The topological polar surface area (TPSA) is 55.4 Å². The van der Waals surface area contributed by atoms with Crippen LogP contribution in [-0.4, -0.2) is 18.5 Å². The Kier molecular flexibility index (Phi) is 6.55. The van der Waals surface area contributed by atoms with Gasteiger partial charge in [0.25, 0.3) is 5.91 Å². The van der Waals surface area contributed by atoms with Gasteiger partial charge in [0, 0.05) is 4.47 Å². The third kappa shape index (κ3) is 5.20. The molecule has 1 atom stereocenters. The first kappa shape index (κ1) is 18.2. The van der Waals surface area contributed by atoms with Gasteiger partial charge in [-0.05, 0) is 43.2 Å². The Morgan fingerprint density at radius 2 is 1.88 bits per heavy atom. The average molecular weight is 390 g/mol. The third-order valence-corrected chi connectivity index (χ3v) is 4.13. The van der Waals surface area contributed by atoms with Crippen molar-refractivity contribution < 1.29 is 14.3 Å². The van der Waals surface area contributed by atoms with Crippen LogP contribution < -0.4 is 5.32 Å². The number of carbonyl (C=O) groups excluding carboxylic acids is 2. The fraction of sp³-hybridized carbons (Fsp3) is 0.263. The Labute approximate surface area is 150 Å². The molecule has 1 N–H and O–H groups in total. The zero-order valence-electron chi connectivity index (χ0n) is 13.7. The molecule has 0 heterocycles. The summed E-state index contributed by atoms with van der Waals surface area (Å²) in [7, 11) is 0. The molecule has 0 aliphatic carbocycles. The summed E-state index contributed by atoms with van der Waals surface area (Å²) in [5.74, 6) is -0.809. The molecule has 0 fully saturated rings. The van der Waals surface area contributed by atoms with Gasteiger partial charge in [0.2, 0.25) is 0 Å². The number of aryl methyl sites for hydroxylation is 1. The number of hydrogen-bond acceptors (Lipinski definition) is 3. The van der Waals surface area contributed by atoms with Crippen LogP contribution in [-0.2, 0) is 9.53 Å². The van der Waals surface area contributed by atoms with E-state index < -0.39 is 5.97 Å². The number of esters is 1. The largest absolute Gasteiger partial charge is 0.452 e. The molecule has 4 nitrogen and oxygen atoms in total. The lowest BCUT2D eigenvalue weighted by Gasteiger charge is -2.17. The van der Waals surface area contributed by atoms with Crippen molar-refractivity contribution in [2.24, 2.45) is 0 Å². The van der Waals surface area contributed by atoms with Crippen molar-refractivity contribution in [2.45, 2.75) is 26.3 Å². The molecule has 24 heavy (non-hydrogen) atoms. The Morgan fingerprint density at radius 1 is 1.17 bits per heavy atom. The quantitative estimate of drug-likeness (QED) is 0.753. The molecular weight excluding hydrogens is 370 g/mol. The van der Waals surface area contributed by atoms with Gasteiger partial charge in [-0.25, -0.2) is 4.79 Å². The Balaban J connectivity index is 1.89. The molecule has 0 aromatic heterocycles. The first-order valence-corrected chi connectivity index (χ1v) is 8.57. The summed E-state index contributed by atoms with van der Waals surface area (Å²) >= 11 is 3.39. The van der Waals surface area contributed by atoms with E-state index in [2.05, 4.69) is 21.2 Å². The van der Waals surface area contributed by atoms with Gasteiger partial charge in [0.1, 0.15) is 0 Å². The number of halogens is 1. The smallest absolute Gasteiger partial charge is 0.338 e. The maximum absolute atomic E-state index is 12.1. The average Bonchev–Trinajstić information content (AvgIpc) is 2.58. The van der Waals surface area contributed by atoms with Gasteiger partial charge in [-0.2, -0.15) is 0 Å². The van der Waals surface area contributed by atoms with E-state index in [1.807, 2.05) is 44.2 Å². The van der Waals surface area contributed by atoms with E-state index >= 15 is 0 Å². The van der Waals surface area contributed by atoms with E-state index in [-0.39, 0.29) is 18.6 Å². The van der Waals surface area contributed by atoms with Gasteiger partial charge in [-0.15, -0.1) is 0 Å². The minimum Gasteiger partial charge on any atom is -0.452 e. The lowest BCUT2D eigenvalue weighted by atomic mass is 10.0. The fourth-order valence-electron chi connectivity index (χ4n) is 2.34. The second-order valence-corrected chi connectivity index (χ2v) is 6.44. The van der Waals surface area contributed by atoms with Crippen molar-refractivity contribution in [3.63, 3.8) is 0 Å². The van der Waals surface area contributed by atoms with E-state index in [9.17, 15) is 9.59 Å². The van der Waals surface area contributed by atoms with Gasteiger partial charge in [-0.1, -0.05) is 52.7 Å². The fourth-order valence-corrected chi connectivity index (χ4v) is 2.60. The van der Waals surface area contributed by atoms with Crippen molar-refractivity contribution in [2.75, 3.05) is 6.61 Å². The van der Waals surface area contributed by atoms with Crippen molar-refractivity contribution in [3.8, 4) is 0 Å². The zero-order chi connectivity index (χ0) is 17.5. The Bertz CT molecular complexity index is 713. The van der Waals surface area contributed by atoms with E-state index in [1.165, 1.54) is 0 Å². The summed E-state index contributed by atoms with van der Waals surface area (Å²) < 4.78 is 6.07. The lowest BCUT2D eigenvalue weighted by Crippen LogP contribution is -2.32. The van der Waals surface area contributed by atoms with Crippen LogP contribution in [0.25, 0.3) is 0 Å². The number of ether oxygens (including phenoxy) is 1. The van der Waals surface area contributed by atoms with Crippen LogP contribution in [0.1, 0.15) is 40.9 Å². The predicted molar refractivity (Wildman–Crippen MR) is 96.8 cm³/mol. The summed E-state index contributed by atoms with van der Waals surface area (Å²) in [5.41, 5.74) is 2.43. The van der Waals surface area contributed by atoms with Crippen molar-refractivity contribution in [1.82, 2.24) is 5.32 Å². The third-order valence-electron chi connectivity index (χ3n) is 3.60. The van der Waals surface area contributed by atoms with E-state index in [1.54, 1.807) is 18.2 Å². The highest BCUT2D eigenvalue weighted by molar-refractivity contribution is 9.10. The van der Waals surface area contributed by atoms with E-state index in [4.69, 9.17) is 4.74 Å². The molecule has 0 aliphatic rings. The van der Waals surface area contributed by atoms with Gasteiger partial charge >= 0.3 is 5.97 Å². The Morgan fingerprint density at radius 3 is 2.50 bits per heavy atom. The number of amides is 1. The first-order chi connectivity index (χ1) is 11.5.